The highest BCUT2D eigenvalue weighted by Crippen LogP contribution is 2.34. The van der Waals surface area contributed by atoms with Crippen LogP contribution in [0.2, 0.25) is 0 Å². The Bertz CT molecular complexity index is 1120. The van der Waals surface area contributed by atoms with Crippen molar-refractivity contribution in [1.29, 1.82) is 0 Å². The van der Waals surface area contributed by atoms with Gasteiger partial charge in [-0.3, -0.25) is 14.5 Å². The van der Waals surface area contributed by atoms with Crippen LogP contribution in [0.3, 0.4) is 0 Å². The predicted molar refractivity (Wildman–Crippen MR) is 134 cm³/mol. The third-order valence-electron chi connectivity index (χ3n) is 5.88. The van der Waals surface area contributed by atoms with E-state index in [4.69, 9.17) is 4.98 Å². The zero-order valence-electron chi connectivity index (χ0n) is 18.9. The molecule has 1 aliphatic heterocycles. The second kappa shape index (κ2) is 9.98. The maximum absolute atomic E-state index is 13.6. The van der Waals surface area contributed by atoms with Crippen LogP contribution in [0.1, 0.15) is 17.5 Å². The zero-order chi connectivity index (χ0) is 22.1. The van der Waals surface area contributed by atoms with Crippen molar-refractivity contribution >= 4 is 56.6 Å². The molecule has 0 spiro atoms. The molecule has 3 aromatic rings. The lowest BCUT2D eigenvalue weighted by Crippen LogP contribution is -2.41. The largest absolute Gasteiger partial charge is 0.312 e. The summed E-state index contributed by atoms with van der Waals surface area (Å²) in [6.45, 7) is 5.82. The van der Waals surface area contributed by atoms with Gasteiger partial charge in [-0.2, -0.15) is 0 Å². The van der Waals surface area contributed by atoms with Gasteiger partial charge in [0, 0.05) is 31.7 Å². The number of hydrogen-bond acceptors (Lipinski definition) is 5. The van der Waals surface area contributed by atoms with Crippen LogP contribution in [-0.4, -0.2) is 55.4 Å². The fourth-order valence-corrected chi connectivity index (χ4v) is 4.94. The number of aromatic nitrogens is 1. The summed E-state index contributed by atoms with van der Waals surface area (Å²) in [4.78, 5) is 36.7. The second-order valence-electron chi connectivity index (χ2n) is 8.38. The Morgan fingerprint density at radius 1 is 1.12 bits per heavy atom. The highest BCUT2D eigenvalue weighted by molar-refractivity contribution is 7.22. The third kappa shape index (κ3) is 4.80. The van der Waals surface area contributed by atoms with E-state index in [-0.39, 0.29) is 36.6 Å². The predicted octanol–water partition coefficient (Wildman–Crippen LogP) is 4.28. The molecule has 0 radical (unpaired) electrons. The molecule has 4 rings (SSSR count). The van der Waals surface area contributed by atoms with Gasteiger partial charge < -0.3 is 9.80 Å². The van der Waals surface area contributed by atoms with E-state index in [1.165, 1.54) is 5.56 Å². The number of fused-ring (bicyclic) bond motifs is 1. The maximum atomic E-state index is 13.6. The lowest BCUT2D eigenvalue weighted by atomic mass is 10.1. The number of benzene rings is 2. The van der Waals surface area contributed by atoms with E-state index in [1.807, 2.05) is 44.4 Å². The summed E-state index contributed by atoms with van der Waals surface area (Å²) in [6.07, 6.45) is 0.231. The molecule has 1 unspecified atom stereocenters. The van der Waals surface area contributed by atoms with Crippen molar-refractivity contribution in [1.82, 2.24) is 9.88 Å². The normalized spacial score (nSPS) is 16.0. The Morgan fingerprint density at radius 3 is 2.53 bits per heavy atom. The van der Waals surface area contributed by atoms with Gasteiger partial charge >= 0.3 is 0 Å². The topological polar surface area (TPSA) is 56.8 Å². The SMILES string of the molecule is Cc1ccc2sc(N(CCN(C)C)C(=O)C3CC(=O)N(c4ccccc4)C3)nc2c1C.Cl. The number of aryl methyl sites for hydroxylation is 2. The van der Waals surface area contributed by atoms with E-state index in [2.05, 4.69) is 30.9 Å². The maximum Gasteiger partial charge on any atom is 0.234 e. The van der Waals surface area contributed by atoms with Crippen molar-refractivity contribution in [2.45, 2.75) is 20.3 Å². The molecule has 32 heavy (non-hydrogen) atoms. The molecule has 2 heterocycles. The molecule has 170 valence electrons. The Balaban J connectivity index is 0.00000289. The monoisotopic (exact) mass is 472 g/mol. The van der Waals surface area contributed by atoms with Crippen molar-refractivity contribution in [3.05, 3.63) is 53.6 Å². The minimum absolute atomic E-state index is 0. The lowest BCUT2D eigenvalue weighted by Gasteiger charge is -2.24. The van der Waals surface area contributed by atoms with E-state index in [0.29, 0.717) is 18.2 Å². The van der Waals surface area contributed by atoms with E-state index in [1.54, 1.807) is 21.1 Å². The van der Waals surface area contributed by atoms with E-state index in [9.17, 15) is 9.59 Å². The Kier molecular flexibility index (Phi) is 7.54. The number of anilines is 2. The first-order valence-corrected chi connectivity index (χ1v) is 11.3. The van der Waals surface area contributed by atoms with Crippen LogP contribution in [0, 0.1) is 19.8 Å². The Morgan fingerprint density at radius 2 is 1.84 bits per heavy atom. The number of thiazole rings is 1. The number of likely N-dealkylation sites (N-methyl/N-ethyl adjacent to an activating group) is 1. The molecular weight excluding hydrogens is 444 g/mol. The van der Waals surface area contributed by atoms with Gasteiger partial charge in [-0.25, -0.2) is 4.98 Å². The molecule has 0 aliphatic carbocycles. The lowest BCUT2D eigenvalue weighted by molar-refractivity contribution is -0.124. The van der Waals surface area contributed by atoms with Gasteiger partial charge in [0.05, 0.1) is 16.1 Å². The van der Waals surface area contributed by atoms with Gasteiger partial charge in [-0.05, 0) is 57.3 Å². The summed E-state index contributed by atoms with van der Waals surface area (Å²) in [6, 6.07) is 13.7. The van der Waals surface area contributed by atoms with Crippen molar-refractivity contribution < 1.29 is 9.59 Å². The number of para-hydroxylation sites is 1. The summed E-state index contributed by atoms with van der Waals surface area (Å²) in [7, 11) is 3.98. The minimum Gasteiger partial charge on any atom is -0.312 e. The minimum atomic E-state index is -0.371. The number of carbonyl (C=O) groups excluding carboxylic acids is 2. The summed E-state index contributed by atoms with van der Waals surface area (Å²) < 4.78 is 1.08. The van der Waals surface area contributed by atoms with Crippen LogP contribution in [0.5, 0.6) is 0 Å². The molecule has 0 saturated carbocycles. The molecule has 2 amide bonds. The molecule has 1 fully saturated rings. The van der Waals surface area contributed by atoms with Crippen molar-refractivity contribution in [2.24, 2.45) is 5.92 Å². The van der Waals surface area contributed by atoms with Gasteiger partial charge in [-0.15, -0.1) is 12.4 Å². The molecule has 2 aromatic carbocycles. The van der Waals surface area contributed by atoms with E-state index >= 15 is 0 Å². The highest BCUT2D eigenvalue weighted by atomic mass is 35.5. The molecule has 1 saturated heterocycles. The smallest absolute Gasteiger partial charge is 0.234 e. The van der Waals surface area contributed by atoms with E-state index in [0.717, 1.165) is 28.0 Å². The summed E-state index contributed by atoms with van der Waals surface area (Å²) in [5.41, 5.74) is 4.13. The molecule has 0 N–H and O–H groups in total. The van der Waals surface area contributed by atoms with Crippen LogP contribution in [0.25, 0.3) is 10.2 Å². The number of nitrogens with zero attached hydrogens (tertiary/aromatic N) is 4. The molecule has 1 aliphatic rings. The molecule has 6 nitrogen and oxygen atoms in total. The number of hydrogen-bond donors (Lipinski definition) is 0. The summed E-state index contributed by atoms with van der Waals surface area (Å²) in [5, 5.41) is 0.709. The van der Waals surface area contributed by atoms with E-state index < -0.39 is 0 Å². The van der Waals surface area contributed by atoms with Gasteiger partial charge in [0.1, 0.15) is 0 Å². The van der Waals surface area contributed by atoms with Crippen LogP contribution >= 0.6 is 23.7 Å². The fraction of sp³-hybridized carbons (Fsp3) is 0.375. The van der Waals surface area contributed by atoms with Crippen molar-refractivity contribution in [3.8, 4) is 0 Å². The average Bonchev–Trinajstić information content (AvgIpc) is 3.35. The zero-order valence-corrected chi connectivity index (χ0v) is 20.5. The Labute approximate surface area is 199 Å². The first-order chi connectivity index (χ1) is 14.8. The fourth-order valence-electron chi connectivity index (χ4n) is 3.88. The first kappa shape index (κ1) is 24.2. The Hall–Kier alpha value is -2.48. The summed E-state index contributed by atoms with van der Waals surface area (Å²) in [5.74, 6) is -0.403. The van der Waals surface area contributed by atoms with Gasteiger partial charge in [-0.1, -0.05) is 35.6 Å². The number of amides is 2. The first-order valence-electron chi connectivity index (χ1n) is 10.5. The average molecular weight is 473 g/mol. The van der Waals surface area contributed by atoms with Gasteiger partial charge in [0.25, 0.3) is 0 Å². The standard InChI is InChI=1S/C24H28N4O2S.ClH/c1-16-10-11-20-22(17(16)2)25-24(31-20)27(13-12-26(3)4)23(30)18-14-21(29)28(15-18)19-8-6-5-7-9-19;/h5-11,18H,12-15H2,1-4H3;1H. The molecule has 8 heteroatoms. The molecular formula is C24H29ClN4O2S. The molecule has 1 atom stereocenters. The van der Waals surface area contributed by atoms with Crippen LogP contribution in [0.4, 0.5) is 10.8 Å². The molecule has 1 aromatic heterocycles. The molecule has 0 bridgehead atoms. The highest BCUT2D eigenvalue weighted by Gasteiger charge is 2.38. The van der Waals surface area contributed by atoms with Crippen LogP contribution < -0.4 is 9.80 Å². The van der Waals surface area contributed by atoms with Gasteiger partial charge in [0.2, 0.25) is 11.8 Å². The van der Waals surface area contributed by atoms with Crippen molar-refractivity contribution in [2.75, 3.05) is 43.5 Å². The summed E-state index contributed by atoms with van der Waals surface area (Å²) >= 11 is 1.54. The number of rotatable bonds is 6. The van der Waals surface area contributed by atoms with Gasteiger partial charge in [0.15, 0.2) is 5.13 Å². The quantitative estimate of drug-likeness (QED) is 0.537. The van der Waals surface area contributed by atoms with Crippen LogP contribution in [0.15, 0.2) is 42.5 Å². The second-order valence-corrected chi connectivity index (χ2v) is 9.39. The number of halogens is 1. The van der Waals surface area contributed by atoms with Crippen molar-refractivity contribution in [3.63, 3.8) is 0 Å². The van der Waals surface area contributed by atoms with Crippen LogP contribution in [-0.2, 0) is 9.59 Å². The number of carbonyl (C=O) groups is 2. The third-order valence-corrected chi connectivity index (χ3v) is 6.93.